The Morgan fingerprint density at radius 3 is 2.65 bits per heavy atom. The zero-order valence-corrected chi connectivity index (χ0v) is 14.7. The molecule has 2 amide bonds. The standard InChI is InChI=1S/C17H12Cl2F2N4O/c18-11-2-1-10(14(19)5-11)8-25-9-13(7-22-25)23-17(26)24-16-4-3-12(20)6-15(16)21/h1-7,9H,8H2,(H2,23,24,26). The van der Waals surface area contributed by atoms with Gasteiger partial charge in [0.15, 0.2) is 0 Å². The smallest absolute Gasteiger partial charge is 0.305 e. The van der Waals surface area contributed by atoms with Crippen molar-refractivity contribution in [1.29, 1.82) is 0 Å². The van der Waals surface area contributed by atoms with Crippen LogP contribution >= 0.6 is 23.2 Å². The second-order valence-electron chi connectivity index (χ2n) is 5.37. The lowest BCUT2D eigenvalue weighted by molar-refractivity contribution is 0.262. The Morgan fingerprint density at radius 1 is 1.12 bits per heavy atom. The number of nitrogens with zero attached hydrogens (tertiary/aromatic N) is 2. The first kappa shape index (κ1) is 18.2. The summed E-state index contributed by atoms with van der Waals surface area (Å²) in [7, 11) is 0. The molecule has 3 aromatic rings. The highest BCUT2D eigenvalue weighted by molar-refractivity contribution is 6.35. The Hall–Kier alpha value is -2.64. The maximum atomic E-state index is 13.5. The predicted molar refractivity (Wildman–Crippen MR) is 96.8 cm³/mol. The third-order valence-corrected chi connectivity index (χ3v) is 4.00. The van der Waals surface area contributed by atoms with Crippen molar-refractivity contribution in [3.63, 3.8) is 0 Å². The highest BCUT2D eigenvalue weighted by atomic mass is 35.5. The number of urea groups is 1. The van der Waals surface area contributed by atoms with Crippen LogP contribution in [0.25, 0.3) is 0 Å². The number of nitrogens with one attached hydrogen (secondary N) is 2. The van der Waals surface area contributed by atoms with E-state index in [2.05, 4.69) is 15.7 Å². The molecule has 9 heteroatoms. The van der Waals surface area contributed by atoms with E-state index in [9.17, 15) is 13.6 Å². The van der Waals surface area contributed by atoms with E-state index in [1.165, 1.54) is 6.20 Å². The summed E-state index contributed by atoms with van der Waals surface area (Å²) >= 11 is 12.0. The van der Waals surface area contributed by atoms with Gasteiger partial charge in [-0.15, -0.1) is 0 Å². The first-order chi connectivity index (χ1) is 12.4. The van der Waals surface area contributed by atoms with Crippen molar-refractivity contribution in [3.8, 4) is 0 Å². The minimum absolute atomic E-state index is 0.135. The number of carbonyl (C=O) groups is 1. The van der Waals surface area contributed by atoms with Crippen LogP contribution in [0.15, 0.2) is 48.8 Å². The highest BCUT2D eigenvalue weighted by Crippen LogP contribution is 2.22. The molecule has 2 aromatic carbocycles. The van der Waals surface area contributed by atoms with Crippen LogP contribution in [0.1, 0.15) is 5.56 Å². The molecule has 134 valence electrons. The molecule has 0 aliphatic carbocycles. The van der Waals surface area contributed by atoms with E-state index in [-0.39, 0.29) is 5.69 Å². The van der Waals surface area contributed by atoms with Crippen LogP contribution in [0.2, 0.25) is 10.0 Å². The summed E-state index contributed by atoms with van der Waals surface area (Å²) in [4.78, 5) is 11.9. The van der Waals surface area contributed by atoms with Crippen LogP contribution in [-0.4, -0.2) is 15.8 Å². The minimum Gasteiger partial charge on any atom is -0.305 e. The lowest BCUT2D eigenvalue weighted by atomic mass is 10.2. The summed E-state index contributed by atoms with van der Waals surface area (Å²) in [5.74, 6) is -1.59. The summed E-state index contributed by atoms with van der Waals surface area (Å²) in [5, 5.41) is 9.97. The summed E-state index contributed by atoms with van der Waals surface area (Å²) in [5.41, 5.74) is 1.07. The molecule has 0 fully saturated rings. The first-order valence-electron chi connectivity index (χ1n) is 7.40. The van der Waals surface area contributed by atoms with Crippen molar-refractivity contribution < 1.29 is 13.6 Å². The molecule has 0 spiro atoms. The molecule has 1 heterocycles. The zero-order chi connectivity index (χ0) is 18.7. The Labute approximate surface area is 157 Å². The summed E-state index contributed by atoms with van der Waals surface area (Å²) in [6.07, 6.45) is 3.02. The molecule has 0 saturated heterocycles. The number of rotatable bonds is 4. The number of aromatic nitrogens is 2. The Bertz CT molecular complexity index is 962. The van der Waals surface area contributed by atoms with Gasteiger partial charge >= 0.3 is 6.03 Å². The Kier molecular flexibility index (Phi) is 5.39. The van der Waals surface area contributed by atoms with E-state index in [0.717, 1.165) is 17.7 Å². The maximum Gasteiger partial charge on any atom is 0.323 e. The third-order valence-electron chi connectivity index (χ3n) is 3.42. The lowest BCUT2D eigenvalue weighted by Gasteiger charge is -2.07. The molecular formula is C17H12Cl2F2N4O. The monoisotopic (exact) mass is 396 g/mol. The van der Waals surface area contributed by atoms with E-state index in [0.29, 0.717) is 28.3 Å². The molecule has 0 aliphatic heterocycles. The van der Waals surface area contributed by atoms with Crippen molar-refractivity contribution in [2.75, 3.05) is 10.6 Å². The molecule has 0 atom stereocenters. The van der Waals surface area contributed by atoms with Crippen molar-refractivity contribution in [2.24, 2.45) is 0 Å². The molecule has 2 N–H and O–H groups in total. The molecule has 3 rings (SSSR count). The van der Waals surface area contributed by atoms with Gasteiger partial charge in [-0.05, 0) is 29.8 Å². The SMILES string of the molecule is O=C(Nc1cnn(Cc2ccc(Cl)cc2Cl)c1)Nc1ccc(F)cc1F. The van der Waals surface area contributed by atoms with Gasteiger partial charge in [0.05, 0.1) is 24.1 Å². The van der Waals surface area contributed by atoms with Gasteiger partial charge in [0.2, 0.25) is 0 Å². The summed E-state index contributed by atoms with van der Waals surface area (Å²) < 4.78 is 28.0. The van der Waals surface area contributed by atoms with Crippen LogP contribution in [0, 0.1) is 11.6 Å². The van der Waals surface area contributed by atoms with Gasteiger partial charge in [-0.2, -0.15) is 5.10 Å². The summed E-state index contributed by atoms with van der Waals surface area (Å²) in [6, 6.07) is 7.32. The number of hydrogen-bond acceptors (Lipinski definition) is 2. The second-order valence-corrected chi connectivity index (χ2v) is 6.21. The molecule has 0 aliphatic rings. The topological polar surface area (TPSA) is 59.0 Å². The highest BCUT2D eigenvalue weighted by Gasteiger charge is 2.10. The fourth-order valence-corrected chi connectivity index (χ4v) is 2.68. The fraction of sp³-hybridized carbons (Fsp3) is 0.0588. The number of anilines is 2. The number of hydrogen-bond donors (Lipinski definition) is 2. The fourth-order valence-electron chi connectivity index (χ4n) is 2.21. The quantitative estimate of drug-likeness (QED) is 0.639. The number of carbonyl (C=O) groups excluding carboxylic acids is 1. The normalized spacial score (nSPS) is 10.6. The minimum atomic E-state index is -0.867. The van der Waals surface area contributed by atoms with Gasteiger partial charge in [0.1, 0.15) is 11.6 Å². The number of benzene rings is 2. The van der Waals surface area contributed by atoms with Gasteiger partial charge in [0, 0.05) is 22.3 Å². The van der Waals surface area contributed by atoms with Crippen molar-refractivity contribution in [2.45, 2.75) is 6.54 Å². The average Bonchev–Trinajstić information content (AvgIpc) is 3.00. The molecular weight excluding hydrogens is 385 g/mol. The maximum absolute atomic E-state index is 13.5. The first-order valence-corrected chi connectivity index (χ1v) is 8.16. The Morgan fingerprint density at radius 2 is 1.92 bits per heavy atom. The van der Waals surface area contributed by atoms with Crippen molar-refractivity contribution in [3.05, 3.63) is 76.0 Å². The van der Waals surface area contributed by atoms with E-state index < -0.39 is 17.7 Å². The molecule has 0 saturated carbocycles. The molecule has 0 radical (unpaired) electrons. The third kappa shape index (κ3) is 4.50. The van der Waals surface area contributed by atoms with E-state index in [1.54, 1.807) is 29.1 Å². The van der Waals surface area contributed by atoms with Crippen LogP contribution in [0.4, 0.5) is 25.0 Å². The van der Waals surface area contributed by atoms with Crippen LogP contribution in [0.3, 0.4) is 0 Å². The van der Waals surface area contributed by atoms with Crippen molar-refractivity contribution in [1.82, 2.24) is 9.78 Å². The molecule has 0 bridgehead atoms. The van der Waals surface area contributed by atoms with Gasteiger partial charge in [-0.1, -0.05) is 29.3 Å². The van der Waals surface area contributed by atoms with E-state index in [4.69, 9.17) is 23.2 Å². The van der Waals surface area contributed by atoms with Gasteiger partial charge in [-0.3, -0.25) is 4.68 Å². The average molecular weight is 397 g/mol. The van der Waals surface area contributed by atoms with Crippen molar-refractivity contribution >= 4 is 40.6 Å². The molecule has 1 aromatic heterocycles. The molecule has 0 unspecified atom stereocenters. The van der Waals surface area contributed by atoms with Gasteiger partial charge in [-0.25, -0.2) is 13.6 Å². The second kappa shape index (κ2) is 7.72. The molecule has 26 heavy (non-hydrogen) atoms. The van der Waals surface area contributed by atoms with Crippen LogP contribution in [-0.2, 0) is 6.54 Å². The van der Waals surface area contributed by atoms with E-state index >= 15 is 0 Å². The number of halogens is 4. The lowest BCUT2D eigenvalue weighted by Crippen LogP contribution is -2.19. The van der Waals surface area contributed by atoms with Gasteiger partial charge in [0.25, 0.3) is 0 Å². The zero-order valence-electron chi connectivity index (χ0n) is 13.1. The largest absolute Gasteiger partial charge is 0.323 e. The summed E-state index contributed by atoms with van der Waals surface area (Å²) in [6.45, 7) is 0.381. The van der Waals surface area contributed by atoms with Gasteiger partial charge < -0.3 is 10.6 Å². The predicted octanol–water partition coefficient (Wildman–Crippen LogP) is 5.16. The van der Waals surface area contributed by atoms with E-state index in [1.807, 2.05) is 0 Å². The van der Waals surface area contributed by atoms with Crippen LogP contribution < -0.4 is 10.6 Å². The molecule has 5 nitrogen and oxygen atoms in total. The Balaban J connectivity index is 1.63. The van der Waals surface area contributed by atoms with Crippen LogP contribution in [0.5, 0.6) is 0 Å². The number of amides is 2.